The van der Waals surface area contributed by atoms with Gasteiger partial charge in [0.25, 0.3) is 0 Å². The number of carbonyl (C=O) groups excluding carboxylic acids is 1. The number of benzene rings is 1. The molecule has 1 aromatic carbocycles. The van der Waals surface area contributed by atoms with Crippen LogP contribution in [0, 0.1) is 0 Å². The molecular formula is C9H14N4O. The molecule has 0 aliphatic carbocycles. The quantitative estimate of drug-likeness (QED) is 0.476. The first kappa shape index (κ1) is 10.3. The van der Waals surface area contributed by atoms with E-state index >= 15 is 0 Å². The molecule has 5 heteroatoms. The smallest absolute Gasteiger partial charge is 0.248 e. The van der Waals surface area contributed by atoms with Crippen LogP contribution in [-0.4, -0.2) is 25.0 Å². The summed E-state index contributed by atoms with van der Waals surface area (Å²) in [5, 5.41) is 1.73. The average molecular weight is 194 g/mol. The van der Waals surface area contributed by atoms with E-state index in [1.165, 1.54) is 0 Å². The van der Waals surface area contributed by atoms with Gasteiger partial charge in [0.1, 0.15) is 0 Å². The van der Waals surface area contributed by atoms with Gasteiger partial charge in [-0.1, -0.05) is 0 Å². The van der Waals surface area contributed by atoms with E-state index in [2.05, 4.69) is 5.43 Å². The third-order valence-corrected chi connectivity index (χ3v) is 1.68. The zero-order valence-electron chi connectivity index (χ0n) is 8.24. The van der Waals surface area contributed by atoms with Crippen LogP contribution in [0.3, 0.4) is 0 Å². The first-order valence-corrected chi connectivity index (χ1v) is 4.14. The van der Waals surface area contributed by atoms with Gasteiger partial charge in [-0.2, -0.15) is 0 Å². The van der Waals surface area contributed by atoms with Crippen molar-refractivity contribution in [1.82, 2.24) is 5.01 Å². The van der Waals surface area contributed by atoms with E-state index in [9.17, 15) is 4.79 Å². The number of rotatable bonds is 3. The van der Waals surface area contributed by atoms with E-state index in [0.717, 1.165) is 0 Å². The lowest BCUT2D eigenvalue weighted by molar-refractivity contribution is 0.100. The molecule has 0 aliphatic rings. The summed E-state index contributed by atoms with van der Waals surface area (Å²) in [7, 11) is 3.66. The number of anilines is 2. The highest BCUT2D eigenvalue weighted by molar-refractivity contribution is 5.94. The van der Waals surface area contributed by atoms with E-state index in [1.54, 1.807) is 23.2 Å². The van der Waals surface area contributed by atoms with Gasteiger partial charge in [0.2, 0.25) is 5.91 Å². The fourth-order valence-corrected chi connectivity index (χ4v) is 1.05. The van der Waals surface area contributed by atoms with Crippen LogP contribution < -0.4 is 16.9 Å². The molecule has 0 atom stereocenters. The molecule has 0 aromatic heterocycles. The molecule has 1 aromatic rings. The maximum absolute atomic E-state index is 10.9. The zero-order valence-corrected chi connectivity index (χ0v) is 8.24. The Morgan fingerprint density at radius 3 is 2.57 bits per heavy atom. The van der Waals surface area contributed by atoms with Gasteiger partial charge in [-0.25, -0.2) is 5.01 Å². The third-order valence-electron chi connectivity index (χ3n) is 1.68. The number of amides is 1. The highest BCUT2D eigenvalue weighted by Gasteiger charge is 2.04. The normalized spacial score (nSPS) is 10.2. The number of hydrogen-bond acceptors (Lipinski definition) is 4. The molecule has 0 bridgehead atoms. The molecule has 1 amide bonds. The summed E-state index contributed by atoms with van der Waals surface area (Å²) in [6.45, 7) is 0. The lowest BCUT2D eigenvalue weighted by Crippen LogP contribution is -2.21. The second-order valence-electron chi connectivity index (χ2n) is 3.17. The van der Waals surface area contributed by atoms with Crippen molar-refractivity contribution >= 4 is 17.3 Å². The summed E-state index contributed by atoms with van der Waals surface area (Å²) < 4.78 is 0. The zero-order chi connectivity index (χ0) is 10.7. The lowest BCUT2D eigenvalue weighted by Gasteiger charge is -2.15. The molecule has 76 valence electrons. The first-order chi connectivity index (χ1) is 6.50. The summed E-state index contributed by atoms with van der Waals surface area (Å²) in [5.41, 5.74) is 15.5. The van der Waals surface area contributed by atoms with Crippen molar-refractivity contribution in [3.63, 3.8) is 0 Å². The Hall–Kier alpha value is -1.75. The van der Waals surface area contributed by atoms with Crippen LogP contribution >= 0.6 is 0 Å². The van der Waals surface area contributed by atoms with E-state index in [4.69, 9.17) is 11.5 Å². The molecule has 5 N–H and O–H groups in total. The fourth-order valence-electron chi connectivity index (χ4n) is 1.05. The summed E-state index contributed by atoms with van der Waals surface area (Å²) in [6, 6.07) is 4.86. The van der Waals surface area contributed by atoms with Crippen molar-refractivity contribution in [3.8, 4) is 0 Å². The minimum Gasteiger partial charge on any atom is -0.397 e. The SMILES string of the molecule is CN(C)Nc1cc(C(N)=O)ccc1N. The van der Waals surface area contributed by atoms with E-state index < -0.39 is 5.91 Å². The van der Waals surface area contributed by atoms with Crippen molar-refractivity contribution in [2.75, 3.05) is 25.3 Å². The van der Waals surface area contributed by atoms with Gasteiger partial charge >= 0.3 is 0 Å². The molecule has 0 saturated heterocycles. The van der Waals surface area contributed by atoms with Crippen LogP contribution in [0.1, 0.15) is 10.4 Å². The number of hydrogen-bond donors (Lipinski definition) is 3. The minimum absolute atomic E-state index is 0.434. The summed E-state index contributed by atoms with van der Waals surface area (Å²) in [4.78, 5) is 10.9. The van der Waals surface area contributed by atoms with Crippen LogP contribution in [0.4, 0.5) is 11.4 Å². The van der Waals surface area contributed by atoms with Gasteiger partial charge in [-0.15, -0.1) is 0 Å². The van der Waals surface area contributed by atoms with E-state index in [0.29, 0.717) is 16.9 Å². The van der Waals surface area contributed by atoms with Gasteiger partial charge in [-0.3, -0.25) is 4.79 Å². The molecule has 1 rings (SSSR count). The molecule has 14 heavy (non-hydrogen) atoms. The third kappa shape index (κ3) is 2.37. The Balaban J connectivity index is 3.02. The van der Waals surface area contributed by atoms with Gasteiger partial charge < -0.3 is 16.9 Å². The maximum atomic E-state index is 10.9. The molecule has 5 nitrogen and oxygen atoms in total. The predicted molar refractivity (Wildman–Crippen MR) is 56.7 cm³/mol. The fraction of sp³-hybridized carbons (Fsp3) is 0.222. The molecule has 0 spiro atoms. The summed E-state index contributed by atoms with van der Waals surface area (Å²) in [5.74, 6) is -0.466. The summed E-state index contributed by atoms with van der Waals surface area (Å²) in [6.07, 6.45) is 0. The average Bonchev–Trinajstić information content (AvgIpc) is 2.07. The molecule has 0 saturated carbocycles. The number of nitrogens with two attached hydrogens (primary N) is 2. The Bertz CT molecular complexity index is 349. The standard InChI is InChI=1S/C9H14N4O/c1-13(2)12-8-5-6(9(11)14)3-4-7(8)10/h3-5,12H,10H2,1-2H3,(H2,11,14). The second-order valence-corrected chi connectivity index (χ2v) is 3.17. The molecule has 0 radical (unpaired) electrons. The number of nitrogen functional groups attached to an aromatic ring is 1. The number of hydrazine groups is 1. The van der Waals surface area contributed by atoms with E-state index in [-0.39, 0.29) is 0 Å². The lowest BCUT2D eigenvalue weighted by atomic mass is 10.1. The number of carbonyl (C=O) groups is 1. The topological polar surface area (TPSA) is 84.4 Å². The number of nitrogens with one attached hydrogen (secondary N) is 1. The minimum atomic E-state index is -0.466. The Morgan fingerprint density at radius 1 is 1.43 bits per heavy atom. The molecular weight excluding hydrogens is 180 g/mol. The van der Waals surface area contributed by atoms with Gasteiger partial charge in [0.05, 0.1) is 11.4 Å². The van der Waals surface area contributed by atoms with Gasteiger partial charge in [0.15, 0.2) is 0 Å². The monoisotopic (exact) mass is 194 g/mol. The Morgan fingerprint density at radius 2 is 2.07 bits per heavy atom. The van der Waals surface area contributed by atoms with Crippen molar-refractivity contribution in [2.24, 2.45) is 5.73 Å². The van der Waals surface area contributed by atoms with E-state index in [1.807, 2.05) is 14.1 Å². The molecule has 0 unspecified atom stereocenters. The largest absolute Gasteiger partial charge is 0.397 e. The number of nitrogens with zero attached hydrogens (tertiary/aromatic N) is 1. The molecule has 0 aliphatic heterocycles. The first-order valence-electron chi connectivity index (χ1n) is 4.14. The van der Waals surface area contributed by atoms with Crippen molar-refractivity contribution in [3.05, 3.63) is 23.8 Å². The maximum Gasteiger partial charge on any atom is 0.248 e. The highest BCUT2D eigenvalue weighted by Crippen LogP contribution is 2.19. The van der Waals surface area contributed by atoms with Crippen LogP contribution in [0.25, 0.3) is 0 Å². The molecule has 0 heterocycles. The van der Waals surface area contributed by atoms with Crippen LogP contribution in [0.5, 0.6) is 0 Å². The van der Waals surface area contributed by atoms with Crippen LogP contribution in [0.15, 0.2) is 18.2 Å². The van der Waals surface area contributed by atoms with Gasteiger partial charge in [0, 0.05) is 19.7 Å². The van der Waals surface area contributed by atoms with Gasteiger partial charge in [-0.05, 0) is 18.2 Å². The Labute approximate surface area is 82.6 Å². The summed E-state index contributed by atoms with van der Waals surface area (Å²) >= 11 is 0. The number of primary amides is 1. The van der Waals surface area contributed by atoms with Crippen molar-refractivity contribution in [2.45, 2.75) is 0 Å². The van der Waals surface area contributed by atoms with Crippen molar-refractivity contribution < 1.29 is 4.79 Å². The van der Waals surface area contributed by atoms with Crippen LogP contribution in [0.2, 0.25) is 0 Å². The highest BCUT2D eigenvalue weighted by atomic mass is 16.1. The molecule has 0 fully saturated rings. The van der Waals surface area contributed by atoms with Crippen LogP contribution in [-0.2, 0) is 0 Å². The Kier molecular flexibility index (Phi) is 2.93. The predicted octanol–water partition coefficient (Wildman–Crippen LogP) is 0.256. The van der Waals surface area contributed by atoms with Crippen molar-refractivity contribution in [1.29, 1.82) is 0 Å². The second kappa shape index (κ2) is 3.97.